The first kappa shape index (κ1) is 20.9. The van der Waals surface area contributed by atoms with E-state index in [0.717, 1.165) is 16.1 Å². The lowest BCUT2D eigenvalue weighted by atomic mass is 10.1. The molecule has 1 N–H and O–H groups in total. The molecule has 1 aliphatic rings. The smallest absolute Gasteiger partial charge is 0.292 e. The third kappa shape index (κ3) is 4.69. The summed E-state index contributed by atoms with van der Waals surface area (Å²) in [4.78, 5) is 28.6. The van der Waals surface area contributed by atoms with Crippen LogP contribution in [0.15, 0.2) is 66.0 Å². The monoisotopic (exact) mass is 436 g/mol. The number of anilines is 2. The Labute approximate surface area is 185 Å². The molecule has 1 fully saturated rings. The standard InChI is InChI=1S/C23H24N4O3S/c1-17(18-6-3-2-4-7-18)24-20-16-19(9-10-21(20)27(29)30)25-11-13-26(14-12-25)23(28)22-8-5-15-31-22/h2-10,15-17,24H,11-14H2,1H3/t17-/m1/s1. The number of rotatable bonds is 6. The molecule has 31 heavy (non-hydrogen) atoms. The van der Waals surface area contributed by atoms with Crippen LogP contribution in [0.25, 0.3) is 0 Å². The van der Waals surface area contributed by atoms with E-state index in [1.165, 1.54) is 11.3 Å². The summed E-state index contributed by atoms with van der Waals surface area (Å²) in [6.45, 7) is 4.60. The quantitative estimate of drug-likeness (QED) is 0.444. The number of hydrogen-bond donors (Lipinski definition) is 1. The number of nitrogens with zero attached hydrogens (tertiary/aromatic N) is 3. The van der Waals surface area contributed by atoms with E-state index in [1.807, 2.05) is 65.7 Å². The number of piperazine rings is 1. The predicted octanol–water partition coefficient (Wildman–Crippen LogP) is 4.79. The molecule has 0 spiro atoms. The number of nitro benzene ring substituents is 1. The van der Waals surface area contributed by atoms with Gasteiger partial charge in [0.15, 0.2) is 0 Å². The van der Waals surface area contributed by atoms with Gasteiger partial charge in [0.05, 0.1) is 9.80 Å². The molecule has 1 aromatic heterocycles. The van der Waals surface area contributed by atoms with Crippen molar-refractivity contribution in [1.82, 2.24) is 4.90 Å². The van der Waals surface area contributed by atoms with Gasteiger partial charge in [-0.2, -0.15) is 0 Å². The molecule has 0 radical (unpaired) electrons. The van der Waals surface area contributed by atoms with Crippen molar-refractivity contribution in [3.8, 4) is 0 Å². The summed E-state index contributed by atoms with van der Waals surface area (Å²) in [7, 11) is 0. The van der Waals surface area contributed by atoms with Crippen molar-refractivity contribution in [2.45, 2.75) is 13.0 Å². The van der Waals surface area contributed by atoms with Crippen LogP contribution in [0.5, 0.6) is 0 Å². The molecule has 4 rings (SSSR count). The van der Waals surface area contributed by atoms with E-state index in [1.54, 1.807) is 12.1 Å². The first-order valence-corrected chi connectivity index (χ1v) is 11.1. The predicted molar refractivity (Wildman–Crippen MR) is 124 cm³/mol. The Morgan fingerprint density at radius 2 is 1.81 bits per heavy atom. The molecule has 1 saturated heterocycles. The van der Waals surface area contributed by atoms with Crippen molar-refractivity contribution in [2.75, 3.05) is 36.4 Å². The Morgan fingerprint density at radius 3 is 2.45 bits per heavy atom. The van der Waals surface area contributed by atoms with E-state index in [9.17, 15) is 14.9 Å². The first-order valence-electron chi connectivity index (χ1n) is 10.2. The molecule has 160 valence electrons. The molecule has 1 aliphatic heterocycles. The average Bonchev–Trinajstić information content (AvgIpc) is 3.34. The summed E-state index contributed by atoms with van der Waals surface area (Å²) >= 11 is 1.45. The van der Waals surface area contributed by atoms with E-state index in [2.05, 4.69) is 10.2 Å². The molecular weight excluding hydrogens is 412 g/mol. The third-order valence-corrected chi connectivity index (χ3v) is 6.37. The van der Waals surface area contributed by atoms with E-state index < -0.39 is 0 Å². The minimum atomic E-state index is -0.360. The Balaban J connectivity index is 1.48. The van der Waals surface area contributed by atoms with E-state index in [0.29, 0.717) is 31.9 Å². The highest BCUT2D eigenvalue weighted by atomic mass is 32.1. The maximum atomic E-state index is 12.6. The van der Waals surface area contributed by atoms with Gasteiger partial charge in [0.1, 0.15) is 5.69 Å². The Morgan fingerprint density at radius 1 is 1.06 bits per heavy atom. The number of thiophene rings is 1. The van der Waals surface area contributed by atoms with Crippen LogP contribution < -0.4 is 10.2 Å². The van der Waals surface area contributed by atoms with Crippen molar-refractivity contribution in [2.24, 2.45) is 0 Å². The minimum Gasteiger partial charge on any atom is -0.373 e. The largest absolute Gasteiger partial charge is 0.373 e. The molecule has 0 aliphatic carbocycles. The molecule has 7 nitrogen and oxygen atoms in total. The van der Waals surface area contributed by atoms with Crippen LogP contribution in [-0.2, 0) is 0 Å². The van der Waals surface area contributed by atoms with Gasteiger partial charge in [-0.3, -0.25) is 14.9 Å². The fourth-order valence-electron chi connectivity index (χ4n) is 3.78. The zero-order valence-electron chi connectivity index (χ0n) is 17.2. The Kier molecular flexibility index (Phi) is 6.18. The molecule has 0 saturated carbocycles. The Hall–Kier alpha value is -3.39. The lowest BCUT2D eigenvalue weighted by Gasteiger charge is -2.36. The van der Waals surface area contributed by atoms with Gasteiger partial charge in [-0.1, -0.05) is 36.4 Å². The third-order valence-electron chi connectivity index (χ3n) is 5.51. The summed E-state index contributed by atoms with van der Waals surface area (Å²) in [5.74, 6) is 0.0670. The molecular formula is C23H24N4O3S. The zero-order chi connectivity index (χ0) is 21.8. The highest BCUT2D eigenvalue weighted by molar-refractivity contribution is 7.12. The molecule has 8 heteroatoms. The van der Waals surface area contributed by atoms with Crippen LogP contribution in [0.3, 0.4) is 0 Å². The van der Waals surface area contributed by atoms with Crippen LogP contribution in [0, 0.1) is 10.1 Å². The zero-order valence-corrected chi connectivity index (χ0v) is 18.0. The topological polar surface area (TPSA) is 78.7 Å². The van der Waals surface area contributed by atoms with Crippen LogP contribution >= 0.6 is 11.3 Å². The summed E-state index contributed by atoms with van der Waals surface area (Å²) in [5, 5.41) is 16.8. The Bertz CT molecular complexity index is 1050. The van der Waals surface area contributed by atoms with Gasteiger partial charge in [-0.15, -0.1) is 11.3 Å². The van der Waals surface area contributed by atoms with Crippen LogP contribution in [-0.4, -0.2) is 41.9 Å². The second-order valence-electron chi connectivity index (χ2n) is 7.49. The fourth-order valence-corrected chi connectivity index (χ4v) is 4.47. The van der Waals surface area contributed by atoms with Gasteiger partial charge in [0, 0.05) is 44.0 Å². The number of carbonyl (C=O) groups is 1. The first-order chi connectivity index (χ1) is 15.0. The molecule has 1 atom stereocenters. The highest BCUT2D eigenvalue weighted by Crippen LogP contribution is 2.33. The van der Waals surface area contributed by atoms with Crippen molar-refractivity contribution in [3.05, 3.63) is 86.6 Å². The minimum absolute atomic E-state index is 0.0537. The molecule has 1 amide bonds. The van der Waals surface area contributed by atoms with E-state index in [4.69, 9.17) is 0 Å². The van der Waals surface area contributed by atoms with Crippen molar-refractivity contribution in [1.29, 1.82) is 0 Å². The van der Waals surface area contributed by atoms with Gasteiger partial charge in [0.2, 0.25) is 0 Å². The summed E-state index contributed by atoms with van der Waals surface area (Å²) < 4.78 is 0. The maximum Gasteiger partial charge on any atom is 0.292 e. The number of benzene rings is 2. The number of amides is 1. The average molecular weight is 437 g/mol. The van der Waals surface area contributed by atoms with Gasteiger partial charge >= 0.3 is 0 Å². The lowest BCUT2D eigenvalue weighted by molar-refractivity contribution is -0.384. The van der Waals surface area contributed by atoms with Gasteiger partial charge < -0.3 is 15.1 Å². The number of hydrogen-bond acceptors (Lipinski definition) is 6. The van der Waals surface area contributed by atoms with Gasteiger partial charge in [0.25, 0.3) is 11.6 Å². The SMILES string of the molecule is C[C@@H](Nc1cc(N2CCN(C(=O)c3cccs3)CC2)ccc1[N+](=O)[O-])c1ccccc1. The van der Waals surface area contributed by atoms with Crippen LogP contribution in [0.2, 0.25) is 0 Å². The van der Waals surface area contributed by atoms with Gasteiger partial charge in [-0.25, -0.2) is 0 Å². The summed E-state index contributed by atoms with van der Waals surface area (Å²) in [5.41, 5.74) is 2.52. The number of nitro groups is 1. The molecule has 2 aromatic carbocycles. The molecule has 3 aromatic rings. The number of nitrogens with one attached hydrogen (secondary N) is 1. The van der Waals surface area contributed by atoms with Gasteiger partial charge in [-0.05, 0) is 36.1 Å². The van der Waals surface area contributed by atoms with Crippen LogP contribution in [0.1, 0.15) is 28.2 Å². The maximum absolute atomic E-state index is 12.6. The normalized spacial score (nSPS) is 14.9. The van der Waals surface area contributed by atoms with Crippen molar-refractivity contribution >= 4 is 34.3 Å². The second kappa shape index (κ2) is 9.18. The second-order valence-corrected chi connectivity index (χ2v) is 8.44. The van der Waals surface area contributed by atoms with Crippen molar-refractivity contribution in [3.63, 3.8) is 0 Å². The fraction of sp³-hybridized carbons (Fsp3) is 0.261. The summed E-state index contributed by atoms with van der Waals surface area (Å²) in [6.07, 6.45) is 0. The molecule has 0 bridgehead atoms. The van der Waals surface area contributed by atoms with Crippen LogP contribution in [0.4, 0.5) is 17.1 Å². The van der Waals surface area contributed by atoms with E-state index in [-0.39, 0.29) is 22.6 Å². The highest BCUT2D eigenvalue weighted by Gasteiger charge is 2.24. The number of carbonyl (C=O) groups excluding carboxylic acids is 1. The summed E-state index contributed by atoms with van der Waals surface area (Å²) in [6, 6.07) is 18.7. The lowest BCUT2D eigenvalue weighted by Crippen LogP contribution is -2.48. The molecule has 0 unspecified atom stereocenters. The molecule has 2 heterocycles. The van der Waals surface area contributed by atoms with Crippen molar-refractivity contribution < 1.29 is 9.72 Å². The van der Waals surface area contributed by atoms with E-state index >= 15 is 0 Å².